The second-order valence-electron chi connectivity index (χ2n) is 9.36. The number of nitro benzene ring substituents is 1. The number of nitro groups is 1. The molecule has 3 aromatic carbocycles. The first-order valence-corrected chi connectivity index (χ1v) is 14.3. The van der Waals surface area contributed by atoms with E-state index in [1.807, 2.05) is 42.5 Å². The topological polar surface area (TPSA) is 83.6 Å². The SMILES string of the molecule is C=CC(C)(C)[S+](c1ccccc1)[C@H](OCCOc1cccn(-c2ccc([N+](=O)[O-])cc2Cl)c1=O)c1ccccc1. The Morgan fingerprint density at radius 3 is 2.33 bits per heavy atom. The molecule has 0 amide bonds. The molecule has 2 atom stereocenters. The van der Waals surface area contributed by atoms with Gasteiger partial charge in [0.1, 0.15) is 11.4 Å². The Bertz CT molecular complexity index is 1530. The first kappa shape index (κ1) is 29.1. The van der Waals surface area contributed by atoms with Crippen molar-refractivity contribution in [3.8, 4) is 11.4 Å². The van der Waals surface area contributed by atoms with Crippen molar-refractivity contribution in [3.63, 3.8) is 0 Å². The van der Waals surface area contributed by atoms with Gasteiger partial charge in [-0.25, -0.2) is 0 Å². The molecule has 0 aliphatic heterocycles. The molecule has 0 saturated heterocycles. The second kappa shape index (κ2) is 13.0. The summed E-state index contributed by atoms with van der Waals surface area (Å²) in [6.45, 7) is 8.78. The van der Waals surface area contributed by atoms with Crippen molar-refractivity contribution in [2.45, 2.75) is 28.9 Å². The minimum atomic E-state index is -0.542. The average Bonchev–Trinajstić information content (AvgIpc) is 2.96. The summed E-state index contributed by atoms with van der Waals surface area (Å²) in [5, 5.41) is 11.1. The van der Waals surface area contributed by atoms with Crippen LogP contribution in [0.5, 0.6) is 5.75 Å². The molecule has 1 unspecified atom stereocenters. The number of ether oxygens (including phenoxy) is 2. The van der Waals surface area contributed by atoms with Gasteiger partial charge in [-0.15, -0.1) is 0 Å². The fraction of sp³-hybridized carbons (Fsp3) is 0.194. The van der Waals surface area contributed by atoms with Crippen molar-refractivity contribution in [2.75, 3.05) is 13.2 Å². The Labute approximate surface area is 241 Å². The molecule has 0 fully saturated rings. The number of hydrogen-bond acceptors (Lipinski definition) is 5. The van der Waals surface area contributed by atoms with E-state index in [1.54, 1.807) is 12.1 Å². The van der Waals surface area contributed by atoms with Gasteiger partial charge in [-0.1, -0.05) is 66.7 Å². The van der Waals surface area contributed by atoms with Gasteiger partial charge >= 0.3 is 0 Å². The van der Waals surface area contributed by atoms with E-state index in [4.69, 9.17) is 21.1 Å². The van der Waals surface area contributed by atoms with Gasteiger partial charge < -0.3 is 9.47 Å². The molecule has 0 aliphatic carbocycles. The maximum Gasteiger partial charge on any atom is 0.297 e. The summed E-state index contributed by atoms with van der Waals surface area (Å²) >= 11 is 6.25. The molecule has 206 valence electrons. The van der Waals surface area contributed by atoms with Crippen LogP contribution >= 0.6 is 11.6 Å². The van der Waals surface area contributed by atoms with Gasteiger partial charge in [0.05, 0.1) is 33.1 Å². The minimum absolute atomic E-state index is 0.0836. The summed E-state index contributed by atoms with van der Waals surface area (Å²) in [4.78, 5) is 24.8. The zero-order valence-electron chi connectivity index (χ0n) is 22.2. The standard InChI is InChI=1S/C31H30ClN2O5S/c1-4-31(2,3)40(25-14-9-6-10-15-25)30(23-12-7-5-8-13-23)39-21-20-38-28-16-11-19-33(29(28)35)27-18-17-24(34(36)37)22-26(27)32/h4-19,22,30H,1,20-21H2,2-3H3/q+1/t30-,40?/m0/s1. The smallest absolute Gasteiger partial charge is 0.297 e. The van der Waals surface area contributed by atoms with Crippen LogP contribution in [0.25, 0.3) is 5.69 Å². The normalized spacial score (nSPS) is 12.9. The van der Waals surface area contributed by atoms with Crippen LogP contribution in [0, 0.1) is 10.1 Å². The highest BCUT2D eigenvalue weighted by molar-refractivity contribution is 7.98. The lowest BCUT2D eigenvalue weighted by Crippen LogP contribution is -2.36. The Morgan fingerprint density at radius 2 is 1.70 bits per heavy atom. The molecule has 7 nitrogen and oxygen atoms in total. The quantitative estimate of drug-likeness (QED) is 0.0587. The highest BCUT2D eigenvalue weighted by atomic mass is 35.5. The van der Waals surface area contributed by atoms with E-state index in [1.165, 1.54) is 29.0 Å². The van der Waals surface area contributed by atoms with Crippen molar-refractivity contribution < 1.29 is 14.4 Å². The molecule has 0 N–H and O–H groups in total. The summed E-state index contributed by atoms with van der Waals surface area (Å²) in [6, 6.07) is 27.5. The summed E-state index contributed by atoms with van der Waals surface area (Å²) in [7, 11) is -0.400. The highest BCUT2D eigenvalue weighted by Crippen LogP contribution is 2.41. The molecule has 1 heterocycles. The molecule has 0 aliphatic rings. The lowest BCUT2D eigenvalue weighted by Gasteiger charge is -2.29. The minimum Gasteiger partial charge on any atom is -0.485 e. The number of non-ortho nitro benzene ring substituents is 1. The third-order valence-corrected chi connectivity index (χ3v) is 9.48. The van der Waals surface area contributed by atoms with Crippen LogP contribution in [-0.4, -0.2) is 27.5 Å². The lowest BCUT2D eigenvalue weighted by atomic mass is 10.2. The lowest BCUT2D eigenvalue weighted by molar-refractivity contribution is -0.384. The number of benzene rings is 3. The van der Waals surface area contributed by atoms with Crippen molar-refractivity contribution >= 4 is 28.2 Å². The van der Waals surface area contributed by atoms with E-state index in [0.29, 0.717) is 5.69 Å². The molecule has 4 rings (SSSR count). The van der Waals surface area contributed by atoms with E-state index < -0.39 is 21.4 Å². The van der Waals surface area contributed by atoms with Gasteiger partial charge in [-0.3, -0.25) is 19.5 Å². The largest absolute Gasteiger partial charge is 0.485 e. The van der Waals surface area contributed by atoms with Crippen molar-refractivity contribution in [3.05, 3.63) is 141 Å². The highest BCUT2D eigenvalue weighted by Gasteiger charge is 2.46. The van der Waals surface area contributed by atoms with Crippen LogP contribution in [0.1, 0.15) is 24.8 Å². The van der Waals surface area contributed by atoms with Crippen LogP contribution in [0.15, 0.2) is 120 Å². The van der Waals surface area contributed by atoms with E-state index in [0.717, 1.165) is 10.5 Å². The van der Waals surface area contributed by atoms with E-state index in [-0.39, 0.29) is 39.9 Å². The molecule has 4 aromatic rings. The van der Waals surface area contributed by atoms with E-state index in [2.05, 4.69) is 44.7 Å². The summed E-state index contributed by atoms with van der Waals surface area (Å²) < 4.78 is 13.4. The first-order chi connectivity index (χ1) is 19.2. The van der Waals surface area contributed by atoms with Gasteiger partial charge in [0.15, 0.2) is 10.6 Å². The van der Waals surface area contributed by atoms with Crippen LogP contribution < -0.4 is 10.3 Å². The molecule has 1 aromatic heterocycles. The number of rotatable bonds is 12. The zero-order chi connectivity index (χ0) is 28.7. The van der Waals surface area contributed by atoms with Crippen LogP contribution in [0.4, 0.5) is 5.69 Å². The fourth-order valence-corrected chi connectivity index (χ4v) is 7.12. The Hall–Kier alpha value is -3.85. The number of pyridine rings is 1. The Morgan fingerprint density at radius 1 is 1.02 bits per heavy atom. The third-order valence-electron chi connectivity index (χ3n) is 6.27. The predicted molar refractivity (Wildman–Crippen MR) is 161 cm³/mol. The van der Waals surface area contributed by atoms with Gasteiger partial charge in [-0.2, -0.15) is 0 Å². The number of hydrogen-bond donors (Lipinski definition) is 0. The Balaban J connectivity index is 1.54. The molecule has 9 heteroatoms. The third kappa shape index (κ3) is 6.65. The first-order valence-electron chi connectivity index (χ1n) is 12.6. The maximum absolute atomic E-state index is 13.1. The molecular formula is C31H30ClN2O5S+. The zero-order valence-corrected chi connectivity index (χ0v) is 23.8. The van der Waals surface area contributed by atoms with Crippen molar-refractivity contribution in [1.82, 2.24) is 4.57 Å². The molecule has 40 heavy (non-hydrogen) atoms. The van der Waals surface area contributed by atoms with Gasteiger partial charge in [-0.05, 0) is 50.3 Å². The van der Waals surface area contributed by atoms with Crippen LogP contribution in [0.3, 0.4) is 0 Å². The maximum atomic E-state index is 13.1. The second-order valence-corrected chi connectivity index (χ2v) is 12.4. The molecular weight excluding hydrogens is 548 g/mol. The van der Waals surface area contributed by atoms with Gasteiger partial charge in [0.2, 0.25) is 0 Å². The van der Waals surface area contributed by atoms with Gasteiger partial charge in [0, 0.05) is 23.9 Å². The van der Waals surface area contributed by atoms with E-state index in [9.17, 15) is 14.9 Å². The summed E-state index contributed by atoms with van der Waals surface area (Å²) in [5.41, 5.74) is 0.496. The molecule has 0 radical (unpaired) electrons. The van der Waals surface area contributed by atoms with E-state index >= 15 is 0 Å². The number of halogens is 1. The average molecular weight is 578 g/mol. The predicted octanol–water partition coefficient (Wildman–Crippen LogP) is 7.14. The fourth-order valence-electron chi connectivity index (χ4n) is 4.16. The monoisotopic (exact) mass is 577 g/mol. The number of nitrogens with zero attached hydrogens (tertiary/aromatic N) is 2. The molecule has 0 bridgehead atoms. The van der Waals surface area contributed by atoms with Crippen molar-refractivity contribution in [1.29, 1.82) is 0 Å². The van der Waals surface area contributed by atoms with Gasteiger partial charge in [0.25, 0.3) is 16.7 Å². The molecule has 0 saturated carbocycles. The molecule has 0 spiro atoms. The Kier molecular flexibility index (Phi) is 9.47. The van der Waals surface area contributed by atoms with Crippen LogP contribution in [0.2, 0.25) is 5.02 Å². The van der Waals surface area contributed by atoms with Crippen molar-refractivity contribution in [2.24, 2.45) is 0 Å². The summed E-state index contributed by atoms with van der Waals surface area (Å²) in [6.07, 6.45) is 3.50. The number of aromatic nitrogens is 1. The summed E-state index contributed by atoms with van der Waals surface area (Å²) in [5.74, 6) is 0.116. The van der Waals surface area contributed by atoms with Crippen LogP contribution in [-0.2, 0) is 15.6 Å².